The first-order valence-corrected chi connectivity index (χ1v) is 6.08. The molecule has 5 heteroatoms. The molecule has 0 radical (unpaired) electrons. The van der Waals surface area contributed by atoms with E-state index in [1.54, 1.807) is 30.3 Å². The predicted molar refractivity (Wildman–Crippen MR) is 68.6 cm³/mol. The van der Waals surface area contributed by atoms with Crippen LogP contribution in [0.5, 0.6) is 0 Å². The summed E-state index contributed by atoms with van der Waals surface area (Å²) in [5, 5.41) is 18.7. The maximum Gasteiger partial charge on any atom is 1.00 e. The van der Waals surface area contributed by atoms with E-state index in [9.17, 15) is 19.8 Å². The molecule has 0 fully saturated rings. The molecule has 1 aromatic carbocycles. The molecule has 0 atom stereocenters. The Balaban J connectivity index is 0. The minimum absolute atomic E-state index is 0. The molecule has 0 aliphatic carbocycles. The molecule has 0 saturated heterocycles. The van der Waals surface area contributed by atoms with E-state index >= 15 is 0 Å². The Morgan fingerprint density at radius 2 is 1.63 bits per heavy atom. The van der Waals surface area contributed by atoms with Crippen molar-refractivity contribution in [2.45, 2.75) is 38.0 Å². The molecule has 0 bridgehead atoms. The van der Waals surface area contributed by atoms with Crippen molar-refractivity contribution in [1.82, 2.24) is 0 Å². The van der Waals surface area contributed by atoms with Gasteiger partial charge in [-0.15, -0.1) is 0 Å². The van der Waals surface area contributed by atoms with Crippen LogP contribution < -0.4 is 29.6 Å². The van der Waals surface area contributed by atoms with E-state index in [0.717, 1.165) is 12.8 Å². The molecule has 19 heavy (non-hydrogen) atoms. The van der Waals surface area contributed by atoms with E-state index in [0.29, 0.717) is 12.0 Å². The van der Waals surface area contributed by atoms with E-state index < -0.39 is 17.4 Å². The van der Waals surface area contributed by atoms with Crippen LogP contribution in [-0.4, -0.2) is 22.2 Å². The summed E-state index contributed by atoms with van der Waals surface area (Å²) < 4.78 is 0. The molecule has 100 valence electrons. The van der Waals surface area contributed by atoms with E-state index in [1.807, 2.05) is 6.92 Å². The van der Waals surface area contributed by atoms with Gasteiger partial charge in [-0.2, -0.15) is 0 Å². The van der Waals surface area contributed by atoms with Crippen LogP contribution in [-0.2, 0) is 15.0 Å². The molecule has 0 amide bonds. The Hall–Kier alpha value is -0.840. The molecule has 0 spiro atoms. The smallest absolute Gasteiger partial charge is 1.00 e. The topological polar surface area (TPSA) is 74.6 Å². The molecule has 1 aromatic rings. The quantitative estimate of drug-likeness (QED) is 0.410. The molecule has 4 nitrogen and oxygen atoms in total. The van der Waals surface area contributed by atoms with Crippen molar-refractivity contribution in [1.29, 1.82) is 0 Å². The van der Waals surface area contributed by atoms with Gasteiger partial charge in [-0.1, -0.05) is 56.5 Å². The fourth-order valence-corrected chi connectivity index (χ4v) is 2.06. The number of carbonyl (C=O) groups is 2. The Kier molecular flexibility index (Phi) is 7.99. The van der Waals surface area contributed by atoms with Crippen molar-refractivity contribution < 1.29 is 50.8 Å². The van der Waals surface area contributed by atoms with Crippen molar-refractivity contribution in [3.63, 3.8) is 0 Å². The monoisotopic (exact) mass is 274 g/mol. The van der Waals surface area contributed by atoms with Gasteiger partial charge in [0.25, 0.3) is 0 Å². The number of hydrogen-bond acceptors (Lipinski definition) is 2. The van der Waals surface area contributed by atoms with Crippen LogP contribution in [0, 0.1) is 0 Å². The number of carboxylic acid groups (broad SMARTS) is 2. The van der Waals surface area contributed by atoms with Gasteiger partial charge < -0.3 is 11.6 Å². The molecule has 0 aromatic heterocycles. The van der Waals surface area contributed by atoms with Gasteiger partial charge in [0.15, 0.2) is 5.41 Å². The summed E-state index contributed by atoms with van der Waals surface area (Å²) in [6.07, 6.45) is 2.46. The van der Waals surface area contributed by atoms with Crippen LogP contribution >= 0.6 is 0 Å². The summed E-state index contributed by atoms with van der Waals surface area (Å²) in [6.45, 7) is 1.99. The van der Waals surface area contributed by atoms with E-state index in [4.69, 9.17) is 0 Å². The first-order valence-electron chi connectivity index (χ1n) is 6.08. The second kappa shape index (κ2) is 8.35. The van der Waals surface area contributed by atoms with Gasteiger partial charge >= 0.3 is 41.5 Å². The van der Waals surface area contributed by atoms with Crippen molar-refractivity contribution in [3.8, 4) is 0 Å². The average Bonchev–Trinajstić information content (AvgIpc) is 2.35. The maximum absolute atomic E-state index is 11.5. The van der Waals surface area contributed by atoms with Crippen LogP contribution in [0.2, 0.25) is 0 Å². The third-order valence-electron chi connectivity index (χ3n) is 3.15. The van der Waals surface area contributed by atoms with Crippen molar-refractivity contribution in [2.75, 3.05) is 0 Å². The standard InChI is InChI=1S/C14H18O4.Na.H/c1-2-3-7-10-14(12(15)16,13(17)18)11-8-5-4-6-9-11;;/h4-6,8-9H,2-3,7,10H2,1H3,(H,15,16)(H,17,18);;/q;+1;-1. The average molecular weight is 274 g/mol. The Labute approximate surface area is 136 Å². The van der Waals surface area contributed by atoms with E-state index in [1.165, 1.54) is 0 Å². The minimum atomic E-state index is -1.82. The van der Waals surface area contributed by atoms with E-state index in [-0.39, 0.29) is 37.4 Å². The number of benzene rings is 1. The van der Waals surface area contributed by atoms with Crippen molar-refractivity contribution >= 4 is 11.9 Å². The Morgan fingerprint density at radius 3 is 2.05 bits per heavy atom. The summed E-state index contributed by atoms with van der Waals surface area (Å²) in [7, 11) is 0. The number of carboxylic acids is 2. The Bertz CT molecular complexity index is 408. The SMILES string of the molecule is CCCCCC(C(=O)O)(C(=O)O)c1ccccc1.[H-].[Na+]. The van der Waals surface area contributed by atoms with Gasteiger partial charge in [0.1, 0.15) is 0 Å². The zero-order valence-electron chi connectivity index (χ0n) is 12.4. The number of aliphatic carboxylic acids is 2. The molecular formula is C14H19NaO4. The zero-order chi connectivity index (χ0) is 13.6. The van der Waals surface area contributed by atoms with Gasteiger partial charge in [-0.05, 0) is 12.0 Å². The van der Waals surface area contributed by atoms with E-state index in [2.05, 4.69) is 0 Å². The normalized spacial score (nSPS) is 10.6. The molecule has 0 aliphatic rings. The second-order valence-corrected chi connectivity index (χ2v) is 4.34. The summed E-state index contributed by atoms with van der Waals surface area (Å²) in [5.74, 6) is -2.59. The third-order valence-corrected chi connectivity index (χ3v) is 3.15. The van der Waals surface area contributed by atoms with Gasteiger partial charge in [0.05, 0.1) is 0 Å². The van der Waals surface area contributed by atoms with Crippen LogP contribution in [0.15, 0.2) is 30.3 Å². The van der Waals surface area contributed by atoms with Crippen LogP contribution in [0.25, 0.3) is 0 Å². The largest absolute Gasteiger partial charge is 1.00 e. The molecule has 0 saturated carbocycles. The maximum atomic E-state index is 11.5. The summed E-state index contributed by atoms with van der Waals surface area (Å²) in [4.78, 5) is 23.0. The Morgan fingerprint density at radius 1 is 1.11 bits per heavy atom. The van der Waals surface area contributed by atoms with Crippen molar-refractivity contribution in [3.05, 3.63) is 35.9 Å². The fourth-order valence-electron chi connectivity index (χ4n) is 2.06. The van der Waals surface area contributed by atoms with Crippen LogP contribution in [0.4, 0.5) is 0 Å². The molecule has 0 unspecified atom stereocenters. The molecule has 0 aliphatic heterocycles. The van der Waals surface area contributed by atoms with Gasteiger partial charge in [0.2, 0.25) is 0 Å². The second-order valence-electron chi connectivity index (χ2n) is 4.34. The summed E-state index contributed by atoms with van der Waals surface area (Å²) in [5.41, 5.74) is -1.49. The van der Waals surface area contributed by atoms with Gasteiger partial charge in [-0.25, -0.2) is 0 Å². The summed E-state index contributed by atoms with van der Waals surface area (Å²) >= 11 is 0. The third kappa shape index (κ3) is 4.06. The molecule has 2 N–H and O–H groups in total. The number of rotatable bonds is 7. The number of hydrogen-bond donors (Lipinski definition) is 2. The molecule has 1 rings (SSSR count). The minimum Gasteiger partial charge on any atom is -1.00 e. The zero-order valence-corrected chi connectivity index (χ0v) is 13.4. The fraction of sp³-hybridized carbons (Fsp3) is 0.429. The summed E-state index contributed by atoms with van der Waals surface area (Å²) in [6, 6.07) is 8.19. The van der Waals surface area contributed by atoms with Gasteiger partial charge in [0, 0.05) is 0 Å². The number of unbranched alkanes of at least 4 members (excludes halogenated alkanes) is 2. The van der Waals surface area contributed by atoms with Crippen LogP contribution in [0.1, 0.15) is 39.6 Å². The predicted octanol–water partition coefficient (Wildman–Crippen LogP) is -0.210. The first-order chi connectivity index (χ1) is 8.55. The molecular weight excluding hydrogens is 255 g/mol. The van der Waals surface area contributed by atoms with Crippen molar-refractivity contribution in [2.24, 2.45) is 0 Å². The first kappa shape index (κ1) is 18.2. The molecule has 0 heterocycles. The van der Waals surface area contributed by atoms with Crippen LogP contribution in [0.3, 0.4) is 0 Å². The van der Waals surface area contributed by atoms with Gasteiger partial charge in [-0.3, -0.25) is 9.59 Å².